The van der Waals surface area contributed by atoms with Crippen LogP contribution in [0.25, 0.3) is 22.5 Å². The lowest BCUT2D eigenvalue weighted by atomic mass is 10.1. The van der Waals surface area contributed by atoms with Crippen molar-refractivity contribution < 1.29 is 4.42 Å². The molecule has 0 N–H and O–H groups in total. The van der Waals surface area contributed by atoms with Crippen molar-refractivity contribution in [2.45, 2.75) is 11.4 Å². The zero-order chi connectivity index (χ0) is 13.4. The maximum Gasteiger partial charge on any atom is 0.231 e. The number of alkyl halides is 1. The molecule has 5 heteroatoms. The summed E-state index contributed by atoms with van der Waals surface area (Å²) >= 11 is 8.51. The van der Waals surface area contributed by atoms with Crippen LogP contribution in [0.3, 0.4) is 0 Å². The van der Waals surface area contributed by atoms with Crippen molar-refractivity contribution in [2.75, 3.05) is 0 Å². The van der Waals surface area contributed by atoms with Crippen LogP contribution in [0.1, 0.15) is 11.3 Å². The van der Waals surface area contributed by atoms with E-state index in [1.807, 2.05) is 25.1 Å². The summed E-state index contributed by atoms with van der Waals surface area (Å²) in [6.45, 7) is 1.87. The average Bonchev–Trinajstić information content (AvgIpc) is 2.80. The van der Waals surface area contributed by atoms with Gasteiger partial charge in [0.1, 0.15) is 10.9 Å². The van der Waals surface area contributed by atoms with Gasteiger partial charge in [-0.25, -0.2) is 4.98 Å². The Hall–Kier alpha value is -1.14. The predicted octanol–water partition coefficient (Wildman–Crippen LogP) is 4.79. The molecule has 3 aromatic rings. The summed E-state index contributed by atoms with van der Waals surface area (Å²) in [5, 5.41) is 1.18. The Morgan fingerprint density at radius 2 is 2.11 bits per heavy atom. The molecular weight excluding hydrogens is 375 g/mol. The summed E-state index contributed by atoms with van der Waals surface area (Å²) in [5.41, 5.74) is 2.72. The second kappa shape index (κ2) is 5.09. The Morgan fingerprint density at radius 1 is 1.26 bits per heavy atom. The summed E-state index contributed by atoms with van der Waals surface area (Å²) < 4.78 is 6.48. The number of rotatable bonds is 2. The molecule has 0 aliphatic rings. The average molecular weight is 385 g/mol. The van der Waals surface area contributed by atoms with Crippen molar-refractivity contribution in [2.24, 2.45) is 0 Å². The summed E-state index contributed by atoms with van der Waals surface area (Å²) in [5.74, 6) is 1.38. The minimum Gasteiger partial charge on any atom is -0.443 e. The number of nitrogens with zero attached hydrogens (tertiary/aromatic N) is 2. The number of hydrogen-bond donors (Lipinski definition) is 0. The number of hydrogen-bond acceptors (Lipinski definition) is 3. The molecule has 3 nitrogen and oxygen atoms in total. The molecule has 0 saturated heterocycles. The summed E-state index contributed by atoms with van der Waals surface area (Å²) in [4.78, 5) is 8.79. The molecule has 0 atom stereocenters. The van der Waals surface area contributed by atoms with E-state index in [2.05, 4.69) is 44.7 Å². The van der Waals surface area contributed by atoms with Gasteiger partial charge in [0.2, 0.25) is 5.71 Å². The normalized spacial score (nSPS) is 11.1. The molecule has 0 aliphatic heterocycles. The molecule has 1 aromatic carbocycles. The van der Waals surface area contributed by atoms with Crippen LogP contribution in [0.4, 0.5) is 0 Å². The molecule has 0 spiro atoms. The van der Waals surface area contributed by atoms with Crippen LogP contribution < -0.4 is 0 Å². The van der Waals surface area contributed by atoms with Gasteiger partial charge in [0.05, 0.1) is 5.39 Å². The monoisotopic (exact) mass is 384 g/mol. The number of aryl methyl sites for hydroxylation is 1. The van der Waals surface area contributed by atoms with Crippen molar-refractivity contribution in [3.8, 4) is 11.4 Å². The van der Waals surface area contributed by atoms with E-state index in [9.17, 15) is 0 Å². The molecule has 0 bridgehead atoms. The maximum atomic E-state index is 6.19. The van der Waals surface area contributed by atoms with Gasteiger partial charge in [-0.05, 0) is 24.6 Å². The fourth-order valence-electron chi connectivity index (χ4n) is 1.93. The standard InChI is InChI=1S/C14H10ClIN2O/c1-8-5-11-12(15)17-13(18-14(11)19-8)10-4-2-3-9(6-10)7-16/h2-6H,7H2,1H3. The highest BCUT2D eigenvalue weighted by molar-refractivity contribution is 14.1. The number of aromatic nitrogens is 2. The molecule has 96 valence electrons. The Labute approximate surface area is 129 Å². The summed E-state index contributed by atoms with van der Waals surface area (Å²) in [7, 11) is 0. The minimum absolute atomic E-state index is 0.428. The third kappa shape index (κ3) is 2.47. The molecule has 0 amide bonds. The van der Waals surface area contributed by atoms with E-state index in [0.717, 1.165) is 21.1 Å². The summed E-state index contributed by atoms with van der Waals surface area (Å²) in [6, 6.07) is 9.97. The van der Waals surface area contributed by atoms with E-state index in [1.54, 1.807) is 0 Å². The summed E-state index contributed by atoms with van der Waals surface area (Å²) in [6.07, 6.45) is 0. The lowest BCUT2D eigenvalue weighted by molar-refractivity contribution is 0.567. The highest BCUT2D eigenvalue weighted by Crippen LogP contribution is 2.27. The van der Waals surface area contributed by atoms with Gasteiger partial charge in [-0.15, -0.1) is 0 Å². The van der Waals surface area contributed by atoms with E-state index < -0.39 is 0 Å². The quantitative estimate of drug-likeness (QED) is 0.362. The van der Waals surface area contributed by atoms with E-state index in [0.29, 0.717) is 16.7 Å². The van der Waals surface area contributed by atoms with Crippen LogP contribution in [-0.2, 0) is 4.43 Å². The first-order chi connectivity index (χ1) is 9.17. The maximum absolute atomic E-state index is 6.19. The highest BCUT2D eigenvalue weighted by atomic mass is 127. The highest BCUT2D eigenvalue weighted by Gasteiger charge is 2.11. The first-order valence-corrected chi connectivity index (χ1v) is 7.66. The van der Waals surface area contributed by atoms with Crippen molar-refractivity contribution >= 4 is 45.3 Å². The largest absolute Gasteiger partial charge is 0.443 e. The molecule has 2 heterocycles. The Balaban J connectivity index is 2.18. The van der Waals surface area contributed by atoms with E-state index in [-0.39, 0.29) is 0 Å². The van der Waals surface area contributed by atoms with Crippen LogP contribution in [0, 0.1) is 6.92 Å². The minimum atomic E-state index is 0.428. The zero-order valence-corrected chi connectivity index (χ0v) is 13.1. The van der Waals surface area contributed by atoms with Crippen molar-refractivity contribution in [1.29, 1.82) is 0 Å². The first-order valence-electron chi connectivity index (χ1n) is 5.76. The van der Waals surface area contributed by atoms with Gasteiger partial charge in [-0.3, -0.25) is 0 Å². The van der Waals surface area contributed by atoms with E-state index in [1.165, 1.54) is 5.56 Å². The fourth-order valence-corrected chi connectivity index (χ4v) is 2.62. The molecule has 19 heavy (non-hydrogen) atoms. The number of benzene rings is 1. The third-order valence-corrected chi connectivity index (χ3v) is 3.98. The number of fused-ring (bicyclic) bond motifs is 1. The first kappa shape index (κ1) is 12.9. The van der Waals surface area contributed by atoms with Gasteiger partial charge in [-0.2, -0.15) is 4.98 Å². The molecular formula is C14H10ClIN2O. The van der Waals surface area contributed by atoms with Crippen LogP contribution in [-0.4, -0.2) is 9.97 Å². The fraction of sp³-hybridized carbons (Fsp3) is 0.143. The van der Waals surface area contributed by atoms with Crippen LogP contribution in [0.15, 0.2) is 34.7 Å². The predicted molar refractivity (Wildman–Crippen MR) is 84.7 cm³/mol. The Morgan fingerprint density at radius 3 is 2.89 bits per heavy atom. The molecule has 0 saturated carbocycles. The zero-order valence-electron chi connectivity index (χ0n) is 10.2. The molecule has 0 radical (unpaired) electrons. The third-order valence-electron chi connectivity index (χ3n) is 2.81. The van der Waals surface area contributed by atoms with Crippen molar-refractivity contribution in [3.63, 3.8) is 0 Å². The molecule has 0 fully saturated rings. The van der Waals surface area contributed by atoms with Crippen LogP contribution in [0.5, 0.6) is 0 Å². The second-order valence-corrected chi connectivity index (χ2v) is 5.37. The molecule has 0 aliphatic carbocycles. The van der Waals surface area contributed by atoms with E-state index >= 15 is 0 Å². The second-order valence-electron chi connectivity index (χ2n) is 4.25. The van der Waals surface area contributed by atoms with Crippen molar-refractivity contribution in [1.82, 2.24) is 9.97 Å². The number of furan rings is 1. The molecule has 3 rings (SSSR count). The van der Waals surface area contributed by atoms with Gasteiger partial charge in [0.15, 0.2) is 5.82 Å². The Kier molecular flexibility index (Phi) is 3.45. The van der Waals surface area contributed by atoms with Crippen LogP contribution >= 0.6 is 34.2 Å². The number of halogens is 2. The van der Waals surface area contributed by atoms with Gasteiger partial charge in [-0.1, -0.05) is 52.4 Å². The van der Waals surface area contributed by atoms with Gasteiger partial charge < -0.3 is 4.42 Å². The van der Waals surface area contributed by atoms with Gasteiger partial charge in [0.25, 0.3) is 0 Å². The topological polar surface area (TPSA) is 38.9 Å². The lowest BCUT2D eigenvalue weighted by Gasteiger charge is -2.03. The Bertz CT molecular complexity index is 754. The smallest absolute Gasteiger partial charge is 0.231 e. The van der Waals surface area contributed by atoms with E-state index in [4.69, 9.17) is 16.0 Å². The van der Waals surface area contributed by atoms with Gasteiger partial charge in [0, 0.05) is 9.99 Å². The lowest BCUT2D eigenvalue weighted by Crippen LogP contribution is -1.91. The van der Waals surface area contributed by atoms with Crippen molar-refractivity contribution in [3.05, 3.63) is 46.8 Å². The molecule has 0 unspecified atom stereocenters. The van der Waals surface area contributed by atoms with Gasteiger partial charge >= 0.3 is 0 Å². The SMILES string of the molecule is Cc1cc2c(Cl)nc(-c3cccc(CI)c3)nc2o1. The van der Waals surface area contributed by atoms with Crippen LogP contribution in [0.2, 0.25) is 5.15 Å². The molecule has 2 aromatic heterocycles.